The average Bonchev–Trinajstić information content (AvgIpc) is 2.73. The zero-order valence-electron chi connectivity index (χ0n) is 15.1. The molecule has 0 heterocycles. The maximum Gasteiger partial charge on any atom is 0.335 e. The Morgan fingerprint density at radius 2 is 1.18 bits per heavy atom. The molecule has 3 rings (SSSR count). The first kappa shape index (κ1) is 20.0. The van der Waals surface area contributed by atoms with Crippen LogP contribution in [0.2, 0.25) is 0 Å². The van der Waals surface area contributed by atoms with Gasteiger partial charge in [0.1, 0.15) is 0 Å². The highest BCUT2D eigenvalue weighted by Gasteiger charge is 2.26. The van der Waals surface area contributed by atoms with E-state index in [-0.39, 0.29) is 25.1 Å². The monoisotopic (exact) mass is 397 g/mol. The fraction of sp³-hybridized carbons (Fsp3) is 0.143. The van der Waals surface area contributed by atoms with Crippen molar-refractivity contribution >= 4 is 13.3 Å². The van der Waals surface area contributed by atoms with Crippen molar-refractivity contribution in [3.05, 3.63) is 112 Å². The summed E-state index contributed by atoms with van der Waals surface area (Å²) in [5.74, 6) is 0. The summed E-state index contributed by atoms with van der Waals surface area (Å²) in [6.45, 7) is 0.305. The van der Waals surface area contributed by atoms with Gasteiger partial charge in [0.2, 0.25) is 0 Å². The molecule has 0 N–H and O–H groups in total. The molecular weight excluding hydrogens is 377 g/mol. The van der Waals surface area contributed by atoms with Crippen molar-refractivity contribution in [1.82, 2.24) is 0 Å². The predicted octanol–water partition coefficient (Wildman–Crippen LogP) is 5.72. The van der Waals surface area contributed by atoms with Crippen LogP contribution >= 0.6 is 7.60 Å². The lowest BCUT2D eigenvalue weighted by Gasteiger charge is -2.19. The van der Waals surface area contributed by atoms with Crippen LogP contribution in [0.4, 0.5) is 5.69 Å². The highest BCUT2D eigenvalue weighted by Crippen LogP contribution is 2.52. The Morgan fingerprint density at radius 1 is 0.714 bits per heavy atom. The summed E-state index contributed by atoms with van der Waals surface area (Å²) >= 11 is 0. The molecule has 3 aromatic rings. The molecule has 0 aromatic heterocycles. The van der Waals surface area contributed by atoms with Crippen LogP contribution in [-0.2, 0) is 33.0 Å². The molecule has 0 saturated heterocycles. The quantitative estimate of drug-likeness (QED) is 0.262. The molecular formula is C21H20NO5P. The molecule has 3 aromatic carbocycles. The number of nitro benzene ring substituents is 1. The Balaban J connectivity index is 1.74. The lowest BCUT2D eigenvalue weighted by Crippen LogP contribution is -2.01. The van der Waals surface area contributed by atoms with E-state index in [0.717, 1.165) is 11.1 Å². The van der Waals surface area contributed by atoms with Gasteiger partial charge in [0.05, 0.1) is 24.3 Å². The van der Waals surface area contributed by atoms with E-state index in [1.165, 1.54) is 12.1 Å². The summed E-state index contributed by atoms with van der Waals surface area (Å²) in [7, 11) is -3.48. The first-order chi connectivity index (χ1) is 13.5. The van der Waals surface area contributed by atoms with Crippen molar-refractivity contribution in [2.45, 2.75) is 19.4 Å². The Hall–Kier alpha value is -2.79. The van der Waals surface area contributed by atoms with Crippen molar-refractivity contribution in [3.63, 3.8) is 0 Å². The minimum Gasteiger partial charge on any atom is -0.304 e. The fourth-order valence-corrected chi connectivity index (χ4v) is 4.18. The van der Waals surface area contributed by atoms with Crippen molar-refractivity contribution in [3.8, 4) is 0 Å². The van der Waals surface area contributed by atoms with Gasteiger partial charge in [-0.1, -0.05) is 72.8 Å². The Kier molecular flexibility index (Phi) is 6.71. The molecule has 0 spiro atoms. The molecule has 0 atom stereocenters. The zero-order valence-corrected chi connectivity index (χ0v) is 16.0. The first-order valence-corrected chi connectivity index (χ1v) is 10.5. The van der Waals surface area contributed by atoms with Crippen molar-refractivity contribution < 1.29 is 18.5 Å². The predicted molar refractivity (Wildman–Crippen MR) is 107 cm³/mol. The topological polar surface area (TPSA) is 78.7 Å². The fourth-order valence-electron chi connectivity index (χ4n) is 2.57. The van der Waals surface area contributed by atoms with Gasteiger partial charge in [0.15, 0.2) is 0 Å². The van der Waals surface area contributed by atoms with E-state index < -0.39 is 12.5 Å². The molecule has 7 heteroatoms. The van der Waals surface area contributed by atoms with Crippen LogP contribution in [0.15, 0.2) is 84.9 Å². The lowest BCUT2D eigenvalue weighted by atomic mass is 10.2. The van der Waals surface area contributed by atoms with Crippen molar-refractivity contribution in [2.75, 3.05) is 0 Å². The lowest BCUT2D eigenvalue weighted by molar-refractivity contribution is -0.384. The summed E-state index contributed by atoms with van der Waals surface area (Å²) < 4.78 is 24.8. The van der Waals surface area contributed by atoms with Crippen LogP contribution in [0.5, 0.6) is 0 Å². The molecule has 6 nitrogen and oxygen atoms in total. The second-order valence-corrected chi connectivity index (χ2v) is 8.27. The van der Waals surface area contributed by atoms with Crippen LogP contribution in [0.25, 0.3) is 0 Å². The largest absolute Gasteiger partial charge is 0.335 e. The van der Waals surface area contributed by atoms with Gasteiger partial charge >= 0.3 is 7.60 Å². The summed E-state index contributed by atoms with van der Waals surface area (Å²) in [4.78, 5) is 10.3. The smallest absolute Gasteiger partial charge is 0.304 e. The SMILES string of the molecule is O=[N+]([O-])c1ccc(CP(=O)(OCc2ccccc2)OCc2ccccc2)cc1. The Morgan fingerprint density at radius 3 is 1.61 bits per heavy atom. The zero-order chi connectivity index (χ0) is 19.8. The van der Waals surface area contributed by atoms with Crippen LogP contribution < -0.4 is 0 Å². The van der Waals surface area contributed by atoms with Gasteiger partial charge in [-0.25, -0.2) is 0 Å². The van der Waals surface area contributed by atoms with Gasteiger partial charge in [0.25, 0.3) is 5.69 Å². The highest BCUT2D eigenvalue weighted by atomic mass is 31.2. The molecule has 0 aliphatic rings. The molecule has 0 unspecified atom stereocenters. The first-order valence-electron chi connectivity index (χ1n) is 8.73. The number of nitrogens with zero attached hydrogens (tertiary/aromatic N) is 1. The van der Waals surface area contributed by atoms with E-state index in [9.17, 15) is 14.7 Å². The Bertz CT molecular complexity index is 898. The number of benzene rings is 3. The molecule has 0 saturated carbocycles. The Labute approximate surface area is 163 Å². The standard InChI is InChI=1S/C21H20NO5P/c23-22(24)21-13-11-20(12-14-21)17-28(25,26-15-18-7-3-1-4-8-18)27-16-19-9-5-2-6-10-19/h1-14H,15-17H2. The molecule has 0 fully saturated rings. The number of rotatable bonds is 9. The molecule has 0 aliphatic heterocycles. The third kappa shape index (κ3) is 5.86. The van der Waals surface area contributed by atoms with Crippen LogP contribution in [0.3, 0.4) is 0 Å². The highest BCUT2D eigenvalue weighted by molar-refractivity contribution is 7.52. The third-order valence-electron chi connectivity index (χ3n) is 4.06. The van der Waals surface area contributed by atoms with Gasteiger partial charge < -0.3 is 9.05 Å². The van der Waals surface area contributed by atoms with E-state index in [2.05, 4.69) is 0 Å². The number of hydrogen-bond acceptors (Lipinski definition) is 5. The van der Waals surface area contributed by atoms with Gasteiger partial charge in [-0.15, -0.1) is 0 Å². The number of hydrogen-bond donors (Lipinski definition) is 0. The summed E-state index contributed by atoms with van der Waals surface area (Å²) in [5, 5.41) is 10.8. The van der Waals surface area contributed by atoms with E-state index in [1.54, 1.807) is 12.1 Å². The maximum absolute atomic E-state index is 13.4. The minimum absolute atomic E-state index is 0.0195. The van der Waals surface area contributed by atoms with E-state index in [4.69, 9.17) is 9.05 Å². The summed E-state index contributed by atoms with van der Waals surface area (Å²) in [6, 6.07) is 24.7. The summed E-state index contributed by atoms with van der Waals surface area (Å²) in [6.07, 6.45) is 0.0324. The van der Waals surface area contributed by atoms with Gasteiger partial charge in [-0.2, -0.15) is 0 Å². The van der Waals surface area contributed by atoms with Gasteiger partial charge in [-0.3, -0.25) is 14.7 Å². The molecule has 0 radical (unpaired) electrons. The molecule has 0 bridgehead atoms. The van der Waals surface area contributed by atoms with E-state index >= 15 is 0 Å². The van der Waals surface area contributed by atoms with Crippen LogP contribution in [-0.4, -0.2) is 4.92 Å². The molecule has 28 heavy (non-hydrogen) atoms. The molecule has 0 aliphatic carbocycles. The number of nitro groups is 1. The number of non-ortho nitro benzene ring substituents is 1. The normalized spacial score (nSPS) is 11.3. The maximum atomic E-state index is 13.4. The van der Waals surface area contributed by atoms with Gasteiger partial charge in [0, 0.05) is 12.1 Å². The van der Waals surface area contributed by atoms with E-state index in [1.807, 2.05) is 60.7 Å². The van der Waals surface area contributed by atoms with Crippen LogP contribution in [0.1, 0.15) is 16.7 Å². The second kappa shape index (κ2) is 9.42. The minimum atomic E-state index is -3.48. The molecule has 144 valence electrons. The molecule has 0 amide bonds. The van der Waals surface area contributed by atoms with Crippen LogP contribution in [0, 0.1) is 10.1 Å². The summed E-state index contributed by atoms with van der Waals surface area (Å²) in [5.41, 5.74) is 2.40. The van der Waals surface area contributed by atoms with Crippen molar-refractivity contribution in [1.29, 1.82) is 0 Å². The van der Waals surface area contributed by atoms with Gasteiger partial charge in [-0.05, 0) is 16.7 Å². The van der Waals surface area contributed by atoms with E-state index in [0.29, 0.717) is 5.56 Å². The van der Waals surface area contributed by atoms with Crippen molar-refractivity contribution in [2.24, 2.45) is 0 Å². The third-order valence-corrected chi connectivity index (χ3v) is 5.86. The average molecular weight is 397 g/mol. The second-order valence-electron chi connectivity index (χ2n) is 6.21.